The lowest BCUT2D eigenvalue weighted by Gasteiger charge is -2.13. The van der Waals surface area contributed by atoms with Gasteiger partial charge in [-0.05, 0) is 30.7 Å². The second-order valence-electron chi connectivity index (χ2n) is 6.79. The van der Waals surface area contributed by atoms with Crippen molar-refractivity contribution in [2.45, 2.75) is 18.7 Å². The Morgan fingerprint density at radius 3 is 2.41 bits per heavy atom. The summed E-state index contributed by atoms with van der Waals surface area (Å²) in [6, 6.07) is 16.0. The molecule has 2 aromatic carbocycles. The molecule has 3 aromatic rings. The summed E-state index contributed by atoms with van der Waals surface area (Å²) in [5, 5.41) is 0. The third-order valence-corrected chi connectivity index (χ3v) is 5.63. The van der Waals surface area contributed by atoms with E-state index in [9.17, 15) is 13.2 Å². The van der Waals surface area contributed by atoms with Crippen molar-refractivity contribution in [3.8, 4) is 5.88 Å². The number of aryl methyl sites for hydroxylation is 1. The summed E-state index contributed by atoms with van der Waals surface area (Å²) in [5.41, 5.74) is 2.19. The van der Waals surface area contributed by atoms with Crippen molar-refractivity contribution in [2.75, 3.05) is 17.9 Å². The van der Waals surface area contributed by atoms with Gasteiger partial charge in [0.25, 0.3) is 10.0 Å². The second kappa shape index (κ2) is 10.5. The number of esters is 1. The van der Waals surface area contributed by atoms with E-state index in [0.29, 0.717) is 5.56 Å². The zero-order chi connectivity index (χ0) is 23.0. The Morgan fingerprint density at radius 2 is 1.72 bits per heavy atom. The van der Waals surface area contributed by atoms with Gasteiger partial charge in [0, 0.05) is 6.92 Å². The molecule has 0 amide bonds. The van der Waals surface area contributed by atoms with E-state index in [2.05, 4.69) is 14.7 Å². The molecule has 32 heavy (non-hydrogen) atoms. The molecule has 0 aliphatic carbocycles. The van der Waals surface area contributed by atoms with Crippen molar-refractivity contribution in [1.82, 2.24) is 9.97 Å². The van der Waals surface area contributed by atoms with Gasteiger partial charge in [0.05, 0.1) is 10.5 Å². The molecular weight excluding hydrogens is 430 g/mol. The summed E-state index contributed by atoms with van der Waals surface area (Å²) in [5.74, 6) is -0.205. The van der Waals surface area contributed by atoms with Crippen molar-refractivity contribution in [3.63, 3.8) is 0 Å². The SMILES string of the molecule is CC(=O)OCCOc1ncnc(NS(=O)(=O)c2ccc(C)cc2)c1/C=C/c1ccccc1. The minimum absolute atomic E-state index is 0.0333. The number of nitrogens with zero attached hydrogens (tertiary/aromatic N) is 2. The lowest BCUT2D eigenvalue weighted by molar-refractivity contribution is -0.141. The van der Waals surface area contributed by atoms with E-state index in [0.717, 1.165) is 11.1 Å². The molecule has 166 valence electrons. The Balaban J connectivity index is 1.93. The maximum absolute atomic E-state index is 12.9. The summed E-state index contributed by atoms with van der Waals surface area (Å²) in [4.78, 5) is 19.3. The number of ether oxygens (including phenoxy) is 2. The number of hydrogen-bond donors (Lipinski definition) is 1. The topological polar surface area (TPSA) is 107 Å². The maximum Gasteiger partial charge on any atom is 0.302 e. The molecule has 1 aromatic heterocycles. The van der Waals surface area contributed by atoms with Crippen molar-refractivity contribution in [2.24, 2.45) is 0 Å². The summed E-state index contributed by atoms with van der Waals surface area (Å²) in [6.45, 7) is 3.26. The van der Waals surface area contributed by atoms with Gasteiger partial charge in [-0.3, -0.25) is 9.52 Å². The van der Waals surface area contributed by atoms with E-state index in [1.165, 1.54) is 25.4 Å². The van der Waals surface area contributed by atoms with Crippen LogP contribution in [-0.2, 0) is 19.6 Å². The number of benzene rings is 2. The van der Waals surface area contributed by atoms with Gasteiger partial charge in [0.15, 0.2) is 5.82 Å². The highest BCUT2D eigenvalue weighted by molar-refractivity contribution is 7.92. The van der Waals surface area contributed by atoms with E-state index in [1.54, 1.807) is 24.3 Å². The summed E-state index contributed by atoms with van der Waals surface area (Å²) < 4.78 is 38.8. The Morgan fingerprint density at radius 1 is 1.00 bits per heavy atom. The van der Waals surface area contributed by atoms with E-state index >= 15 is 0 Å². The summed E-state index contributed by atoms with van der Waals surface area (Å²) in [6.07, 6.45) is 4.67. The number of carbonyl (C=O) groups is 1. The molecule has 0 radical (unpaired) electrons. The Labute approximate surface area is 187 Å². The van der Waals surface area contributed by atoms with Gasteiger partial charge < -0.3 is 9.47 Å². The molecule has 0 unspecified atom stereocenters. The molecule has 3 rings (SSSR count). The predicted octanol–water partition coefficient (Wildman–Crippen LogP) is 3.70. The molecule has 8 nitrogen and oxygen atoms in total. The van der Waals surface area contributed by atoms with E-state index in [1.807, 2.05) is 37.3 Å². The average Bonchev–Trinajstić information content (AvgIpc) is 2.77. The van der Waals surface area contributed by atoms with Crippen LogP contribution in [0.1, 0.15) is 23.6 Å². The second-order valence-corrected chi connectivity index (χ2v) is 8.47. The van der Waals surface area contributed by atoms with Crippen LogP contribution in [0.15, 0.2) is 65.8 Å². The molecule has 0 fully saturated rings. The number of aromatic nitrogens is 2. The number of sulfonamides is 1. The number of nitrogens with one attached hydrogen (secondary N) is 1. The molecule has 0 atom stereocenters. The number of rotatable bonds is 9. The number of carbonyl (C=O) groups excluding carboxylic acids is 1. The van der Waals surface area contributed by atoms with Gasteiger partial charge in [-0.1, -0.05) is 54.1 Å². The van der Waals surface area contributed by atoms with Crippen LogP contribution < -0.4 is 9.46 Å². The van der Waals surface area contributed by atoms with Crippen molar-refractivity contribution in [1.29, 1.82) is 0 Å². The highest BCUT2D eigenvalue weighted by Gasteiger charge is 2.19. The monoisotopic (exact) mass is 453 g/mol. The fraction of sp³-hybridized carbons (Fsp3) is 0.174. The number of hydrogen-bond acceptors (Lipinski definition) is 7. The van der Waals surface area contributed by atoms with Crippen LogP contribution in [0.5, 0.6) is 5.88 Å². The molecule has 0 spiro atoms. The van der Waals surface area contributed by atoms with E-state index in [-0.39, 0.29) is 29.8 Å². The molecule has 1 N–H and O–H groups in total. The van der Waals surface area contributed by atoms with Gasteiger partial charge in [0.2, 0.25) is 5.88 Å². The smallest absolute Gasteiger partial charge is 0.302 e. The minimum Gasteiger partial charge on any atom is -0.473 e. The normalized spacial score (nSPS) is 11.3. The average molecular weight is 454 g/mol. The molecule has 0 aliphatic rings. The first-order valence-electron chi connectivity index (χ1n) is 9.79. The quantitative estimate of drug-likeness (QED) is 0.389. The standard InChI is InChI=1S/C23H23N3O5S/c1-17-8-11-20(12-9-17)32(28,29)26-22-21(13-10-19-6-4-3-5-7-19)23(25-16-24-22)31-15-14-30-18(2)27/h3-13,16H,14-15H2,1-2H3,(H,24,25,26)/b13-10+. The maximum atomic E-state index is 12.9. The zero-order valence-corrected chi connectivity index (χ0v) is 18.5. The van der Waals surface area contributed by atoms with Crippen LogP contribution in [0, 0.1) is 6.92 Å². The van der Waals surface area contributed by atoms with Crippen LogP contribution in [0.4, 0.5) is 5.82 Å². The van der Waals surface area contributed by atoms with Gasteiger partial charge in [-0.2, -0.15) is 0 Å². The zero-order valence-electron chi connectivity index (χ0n) is 17.7. The van der Waals surface area contributed by atoms with Gasteiger partial charge in [-0.25, -0.2) is 18.4 Å². The Kier molecular flexibility index (Phi) is 7.56. The van der Waals surface area contributed by atoms with E-state index < -0.39 is 16.0 Å². The molecule has 0 saturated heterocycles. The highest BCUT2D eigenvalue weighted by Crippen LogP contribution is 2.27. The Hall–Kier alpha value is -3.72. The first-order valence-corrected chi connectivity index (χ1v) is 11.3. The molecular formula is C23H23N3O5S. The van der Waals surface area contributed by atoms with Gasteiger partial charge in [-0.15, -0.1) is 0 Å². The molecule has 0 bridgehead atoms. The first-order chi connectivity index (χ1) is 15.3. The largest absolute Gasteiger partial charge is 0.473 e. The van der Waals surface area contributed by atoms with E-state index in [4.69, 9.17) is 9.47 Å². The summed E-state index contributed by atoms with van der Waals surface area (Å²) in [7, 11) is -3.89. The van der Waals surface area contributed by atoms with Crippen LogP contribution in [0.25, 0.3) is 12.2 Å². The molecule has 0 saturated carbocycles. The van der Waals surface area contributed by atoms with Crippen molar-refractivity contribution < 1.29 is 22.7 Å². The summed E-state index contributed by atoms with van der Waals surface area (Å²) >= 11 is 0. The highest BCUT2D eigenvalue weighted by atomic mass is 32.2. The molecule has 0 aliphatic heterocycles. The van der Waals surface area contributed by atoms with Crippen LogP contribution >= 0.6 is 0 Å². The lowest BCUT2D eigenvalue weighted by atomic mass is 10.2. The van der Waals surface area contributed by atoms with Crippen LogP contribution in [0.2, 0.25) is 0 Å². The minimum atomic E-state index is -3.89. The Bertz CT molecular complexity index is 1190. The van der Waals surface area contributed by atoms with Crippen molar-refractivity contribution in [3.05, 3.63) is 77.6 Å². The van der Waals surface area contributed by atoms with Crippen LogP contribution in [0.3, 0.4) is 0 Å². The first kappa shape index (κ1) is 23.0. The predicted molar refractivity (Wildman–Crippen MR) is 122 cm³/mol. The number of anilines is 1. The lowest BCUT2D eigenvalue weighted by Crippen LogP contribution is -2.16. The van der Waals surface area contributed by atoms with Gasteiger partial charge >= 0.3 is 5.97 Å². The molecule has 9 heteroatoms. The third kappa shape index (κ3) is 6.39. The fourth-order valence-electron chi connectivity index (χ4n) is 2.70. The van der Waals surface area contributed by atoms with Crippen molar-refractivity contribution >= 4 is 34.0 Å². The molecule has 1 heterocycles. The van der Waals surface area contributed by atoms with Gasteiger partial charge in [0.1, 0.15) is 19.5 Å². The van der Waals surface area contributed by atoms with Crippen LogP contribution in [-0.4, -0.2) is 37.6 Å². The third-order valence-electron chi connectivity index (χ3n) is 4.28. The fourth-order valence-corrected chi connectivity index (χ4v) is 3.73.